The number of ether oxygens (including phenoxy) is 1. The lowest BCUT2D eigenvalue weighted by atomic mass is 10.3. The van der Waals surface area contributed by atoms with Gasteiger partial charge in [0.2, 0.25) is 11.6 Å². The third-order valence-electron chi connectivity index (χ3n) is 4.19. The molecule has 1 aliphatic rings. The summed E-state index contributed by atoms with van der Waals surface area (Å²) in [5.41, 5.74) is -0.0863. The van der Waals surface area contributed by atoms with E-state index < -0.39 is 4.92 Å². The van der Waals surface area contributed by atoms with Crippen molar-refractivity contribution in [2.24, 2.45) is 0 Å². The average Bonchev–Trinajstić information content (AvgIpc) is 2.66. The van der Waals surface area contributed by atoms with E-state index in [0.29, 0.717) is 32.1 Å². The molecule has 1 aromatic heterocycles. The summed E-state index contributed by atoms with van der Waals surface area (Å²) in [7, 11) is 2.03. The summed E-state index contributed by atoms with van der Waals surface area (Å²) in [4.78, 5) is 23.5. The topological polar surface area (TPSA) is 96.7 Å². The molecule has 1 aliphatic heterocycles. The fraction of sp³-hybridized carbons (Fsp3) is 0.412. The molecule has 138 valence electrons. The summed E-state index contributed by atoms with van der Waals surface area (Å²) in [5.74, 6) is 1.34. The highest BCUT2D eigenvalue weighted by Crippen LogP contribution is 2.32. The van der Waals surface area contributed by atoms with Crippen LogP contribution in [0.4, 0.5) is 17.3 Å². The Morgan fingerprint density at radius 2 is 1.92 bits per heavy atom. The summed E-state index contributed by atoms with van der Waals surface area (Å²) in [6.45, 7) is 3.85. The predicted molar refractivity (Wildman–Crippen MR) is 98.8 cm³/mol. The minimum Gasteiger partial charge on any atom is -0.492 e. The van der Waals surface area contributed by atoms with Crippen LogP contribution in [0.25, 0.3) is 0 Å². The zero-order valence-electron chi connectivity index (χ0n) is 14.7. The Bertz CT molecular complexity index is 735. The monoisotopic (exact) mass is 358 g/mol. The minimum absolute atomic E-state index is 0.0863. The number of piperazine rings is 1. The van der Waals surface area contributed by atoms with Crippen molar-refractivity contribution in [3.05, 3.63) is 46.8 Å². The molecule has 0 aliphatic carbocycles. The third-order valence-corrected chi connectivity index (χ3v) is 4.19. The molecular formula is C17H22N6O3. The first-order valence-electron chi connectivity index (χ1n) is 8.50. The van der Waals surface area contributed by atoms with Crippen LogP contribution in [0.2, 0.25) is 0 Å². The highest BCUT2D eigenvalue weighted by atomic mass is 16.6. The van der Waals surface area contributed by atoms with Gasteiger partial charge in [0.25, 0.3) is 0 Å². The van der Waals surface area contributed by atoms with Gasteiger partial charge in [-0.2, -0.15) is 0 Å². The SMILES string of the molecule is CN1CCN(c2ncnc(NCCOc3ccccc3)c2[N+](=O)[O-])CC1. The summed E-state index contributed by atoms with van der Waals surface area (Å²) < 4.78 is 5.59. The first-order chi connectivity index (χ1) is 12.6. The van der Waals surface area contributed by atoms with E-state index in [0.717, 1.165) is 18.8 Å². The zero-order chi connectivity index (χ0) is 18.4. The number of nitrogens with zero attached hydrogens (tertiary/aromatic N) is 5. The molecule has 0 bridgehead atoms. The van der Waals surface area contributed by atoms with Crippen LogP contribution in [-0.4, -0.2) is 66.2 Å². The number of para-hydroxylation sites is 1. The van der Waals surface area contributed by atoms with Gasteiger partial charge in [0.15, 0.2) is 0 Å². The predicted octanol–water partition coefficient (Wildman–Crippen LogP) is 1.63. The lowest BCUT2D eigenvalue weighted by molar-refractivity contribution is -0.383. The molecule has 1 fully saturated rings. The lowest BCUT2D eigenvalue weighted by Gasteiger charge is -2.32. The maximum absolute atomic E-state index is 11.6. The Balaban J connectivity index is 1.66. The number of rotatable bonds is 7. The Labute approximate surface area is 151 Å². The van der Waals surface area contributed by atoms with Crippen LogP contribution in [0.15, 0.2) is 36.7 Å². The molecule has 2 aromatic rings. The molecule has 0 radical (unpaired) electrons. The van der Waals surface area contributed by atoms with Gasteiger partial charge in [-0.1, -0.05) is 18.2 Å². The molecule has 3 rings (SSSR count). The third kappa shape index (κ3) is 4.37. The van der Waals surface area contributed by atoms with Crippen molar-refractivity contribution < 1.29 is 9.66 Å². The lowest BCUT2D eigenvalue weighted by Crippen LogP contribution is -2.45. The normalized spacial score (nSPS) is 14.9. The Hall–Kier alpha value is -2.94. The molecule has 0 amide bonds. The smallest absolute Gasteiger partial charge is 0.353 e. The number of anilines is 2. The highest BCUT2D eigenvalue weighted by Gasteiger charge is 2.28. The van der Waals surface area contributed by atoms with Gasteiger partial charge in [0.1, 0.15) is 18.7 Å². The zero-order valence-corrected chi connectivity index (χ0v) is 14.7. The van der Waals surface area contributed by atoms with E-state index in [-0.39, 0.29) is 11.5 Å². The Morgan fingerprint density at radius 1 is 1.19 bits per heavy atom. The van der Waals surface area contributed by atoms with E-state index >= 15 is 0 Å². The quantitative estimate of drug-likeness (QED) is 0.453. The van der Waals surface area contributed by atoms with E-state index in [1.807, 2.05) is 42.3 Å². The highest BCUT2D eigenvalue weighted by molar-refractivity contribution is 5.70. The fourth-order valence-electron chi connectivity index (χ4n) is 2.77. The molecule has 1 aromatic carbocycles. The largest absolute Gasteiger partial charge is 0.492 e. The van der Waals surface area contributed by atoms with Gasteiger partial charge in [-0.3, -0.25) is 10.1 Å². The van der Waals surface area contributed by atoms with E-state index in [4.69, 9.17) is 4.74 Å². The summed E-state index contributed by atoms with van der Waals surface area (Å²) in [6, 6.07) is 9.41. The summed E-state index contributed by atoms with van der Waals surface area (Å²) >= 11 is 0. The van der Waals surface area contributed by atoms with Crippen molar-refractivity contribution in [2.75, 3.05) is 56.6 Å². The molecule has 9 heteroatoms. The van der Waals surface area contributed by atoms with Gasteiger partial charge in [-0.05, 0) is 19.2 Å². The second kappa shape index (κ2) is 8.43. The summed E-state index contributed by atoms with van der Waals surface area (Å²) in [6.07, 6.45) is 1.36. The van der Waals surface area contributed by atoms with E-state index in [1.165, 1.54) is 6.33 Å². The number of hydrogen-bond acceptors (Lipinski definition) is 8. The van der Waals surface area contributed by atoms with Crippen LogP contribution < -0.4 is 15.0 Å². The first-order valence-corrected chi connectivity index (χ1v) is 8.50. The molecule has 0 atom stereocenters. The molecule has 1 N–H and O–H groups in total. The van der Waals surface area contributed by atoms with Crippen LogP contribution >= 0.6 is 0 Å². The van der Waals surface area contributed by atoms with Crippen molar-refractivity contribution in [1.82, 2.24) is 14.9 Å². The van der Waals surface area contributed by atoms with Crippen molar-refractivity contribution in [3.8, 4) is 5.75 Å². The molecule has 2 heterocycles. The number of benzene rings is 1. The molecular weight excluding hydrogens is 336 g/mol. The molecule has 0 saturated carbocycles. The average molecular weight is 358 g/mol. The number of likely N-dealkylation sites (N-methyl/N-ethyl adjacent to an activating group) is 1. The first kappa shape index (κ1) is 17.9. The van der Waals surface area contributed by atoms with E-state index in [1.54, 1.807) is 0 Å². The molecule has 0 spiro atoms. The van der Waals surface area contributed by atoms with Gasteiger partial charge in [0.05, 0.1) is 11.5 Å². The maximum Gasteiger partial charge on any atom is 0.353 e. The van der Waals surface area contributed by atoms with Gasteiger partial charge in [-0.25, -0.2) is 9.97 Å². The van der Waals surface area contributed by atoms with Crippen molar-refractivity contribution in [1.29, 1.82) is 0 Å². The van der Waals surface area contributed by atoms with Crippen LogP contribution in [-0.2, 0) is 0 Å². The maximum atomic E-state index is 11.6. The summed E-state index contributed by atoms with van der Waals surface area (Å²) in [5, 5.41) is 14.6. The second-order valence-corrected chi connectivity index (χ2v) is 6.03. The van der Waals surface area contributed by atoms with Crippen molar-refractivity contribution >= 4 is 17.3 Å². The number of aromatic nitrogens is 2. The van der Waals surface area contributed by atoms with Crippen molar-refractivity contribution in [2.45, 2.75) is 0 Å². The van der Waals surface area contributed by atoms with Gasteiger partial charge in [0, 0.05) is 26.2 Å². The fourth-order valence-corrected chi connectivity index (χ4v) is 2.77. The van der Waals surface area contributed by atoms with Crippen LogP contribution in [0, 0.1) is 10.1 Å². The second-order valence-electron chi connectivity index (χ2n) is 6.03. The Kier molecular flexibility index (Phi) is 5.80. The van der Waals surface area contributed by atoms with Gasteiger partial charge < -0.3 is 19.9 Å². The van der Waals surface area contributed by atoms with Crippen molar-refractivity contribution in [3.63, 3.8) is 0 Å². The molecule has 1 saturated heterocycles. The van der Waals surface area contributed by atoms with E-state index in [9.17, 15) is 10.1 Å². The van der Waals surface area contributed by atoms with Crippen LogP contribution in [0.3, 0.4) is 0 Å². The molecule has 26 heavy (non-hydrogen) atoms. The number of hydrogen-bond donors (Lipinski definition) is 1. The van der Waals surface area contributed by atoms with Crippen LogP contribution in [0.1, 0.15) is 0 Å². The van der Waals surface area contributed by atoms with Gasteiger partial charge >= 0.3 is 5.69 Å². The molecule has 9 nitrogen and oxygen atoms in total. The number of nitro groups is 1. The minimum atomic E-state index is -0.423. The van der Waals surface area contributed by atoms with E-state index in [2.05, 4.69) is 20.2 Å². The van der Waals surface area contributed by atoms with Gasteiger partial charge in [-0.15, -0.1) is 0 Å². The van der Waals surface area contributed by atoms with Crippen LogP contribution in [0.5, 0.6) is 5.75 Å². The Morgan fingerprint density at radius 3 is 2.62 bits per heavy atom. The standard InChI is InChI=1S/C17H22N6O3/c1-21-8-10-22(11-9-21)17-15(23(24)25)16(19-13-20-17)18-7-12-26-14-5-3-2-4-6-14/h2-6,13H,7-12H2,1H3,(H,18,19,20). The number of nitrogens with one attached hydrogen (secondary N) is 1. The molecule has 0 unspecified atom stereocenters.